The third-order valence-electron chi connectivity index (χ3n) is 2.34. The zero-order valence-corrected chi connectivity index (χ0v) is 8.11. The minimum atomic E-state index is -0.975. The van der Waals surface area contributed by atoms with Gasteiger partial charge >= 0.3 is 0 Å². The van der Waals surface area contributed by atoms with Crippen molar-refractivity contribution in [1.29, 1.82) is 5.26 Å². The summed E-state index contributed by atoms with van der Waals surface area (Å²) in [6.45, 7) is 0. The van der Waals surface area contributed by atoms with Gasteiger partial charge in [0.2, 0.25) is 0 Å². The molecule has 5 heteroatoms. The number of rotatable bonds is 1. The lowest BCUT2D eigenvalue weighted by Crippen LogP contribution is -2.08. The number of nitrogens with two attached hydrogens (primary N) is 1. The Balaban J connectivity index is 2.81. The molecule has 2 rings (SSSR count). The fourth-order valence-electron chi connectivity index (χ4n) is 1.52. The van der Waals surface area contributed by atoms with Gasteiger partial charge in [-0.05, 0) is 11.5 Å². The van der Waals surface area contributed by atoms with Gasteiger partial charge in [-0.3, -0.25) is 4.98 Å². The first kappa shape index (κ1) is 10.5. The van der Waals surface area contributed by atoms with Crippen LogP contribution < -0.4 is 5.73 Å². The van der Waals surface area contributed by atoms with Crippen molar-refractivity contribution in [2.75, 3.05) is 0 Å². The summed E-state index contributed by atoms with van der Waals surface area (Å²) in [6.07, 6.45) is 2.59. The number of hydrogen-bond acceptors (Lipinski definition) is 3. The van der Waals surface area contributed by atoms with Crippen molar-refractivity contribution in [3.63, 3.8) is 0 Å². The fraction of sp³-hybridized carbons (Fsp3) is 0.0909. The summed E-state index contributed by atoms with van der Waals surface area (Å²) in [5, 5.41) is 9.14. The normalized spacial score (nSPS) is 12.4. The van der Waals surface area contributed by atoms with Crippen molar-refractivity contribution in [3.8, 4) is 6.07 Å². The minimum Gasteiger partial charge on any atom is -0.312 e. The molecule has 2 N–H and O–H groups in total. The molecule has 2 aromatic rings. The maximum Gasteiger partial charge on any atom is 0.168 e. The fourth-order valence-corrected chi connectivity index (χ4v) is 1.52. The molecule has 1 unspecified atom stereocenters. The van der Waals surface area contributed by atoms with Crippen LogP contribution in [-0.2, 0) is 0 Å². The Hall–Kier alpha value is -2.06. The number of pyridine rings is 1. The zero-order chi connectivity index (χ0) is 11.7. The maximum absolute atomic E-state index is 13.4. The number of halogens is 2. The number of aromatic nitrogens is 1. The van der Waals surface area contributed by atoms with E-state index in [2.05, 4.69) is 4.98 Å². The summed E-state index contributed by atoms with van der Waals surface area (Å²) in [5.74, 6) is -1.92. The lowest BCUT2D eigenvalue weighted by molar-refractivity contribution is 0.516. The van der Waals surface area contributed by atoms with Crippen molar-refractivity contribution >= 4 is 10.8 Å². The second-order valence-corrected chi connectivity index (χ2v) is 3.29. The number of fused-ring (bicyclic) bond motifs is 1. The van der Waals surface area contributed by atoms with Crippen LogP contribution in [0.25, 0.3) is 10.8 Å². The Bertz CT molecular complexity index is 590. The van der Waals surface area contributed by atoms with Gasteiger partial charge in [-0.25, -0.2) is 8.78 Å². The molecule has 0 bridgehead atoms. The molecule has 1 atom stereocenters. The number of hydrogen-bond donors (Lipinski definition) is 1. The van der Waals surface area contributed by atoms with Crippen molar-refractivity contribution < 1.29 is 8.78 Å². The molecule has 80 valence electrons. The smallest absolute Gasteiger partial charge is 0.168 e. The SMILES string of the molecule is N#CC(N)c1cncc2c(F)c(F)ccc12. The maximum atomic E-state index is 13.4. The van der Waals surface area contributed by atoms with E-state index in [-0.39, 0.29) is 5.39 Å². The molecule has 0 spiro atoms. The Morgan fingerprint density at radius 3 is 2.69 bits per heavy atom. The Morgan fingerprint density at radius 1 is 1.25 bits per heavy atom. The molecule has 0 saturated heterocycles. The van der Waals surface area contributed by atoms with Gasteiger partial charge in [0, 0.05) is 23.3 Å². The third-order valence-corrected chi connectivity index (χ3v) is 2.34. The van der Waals surface area contributed by atoms with Crippen molar-refractivity contribution in [1.82, 2.24) is 4.98 Å². The quantitative estimate of drug-likeness (QED) is 0.798. The zero-order valence-electron chi connectivity index (χ0n) is 8.11. The highest BCUT2D eigenvalue weighted by molar-refractivity contribution is 5.86. The molecule has 0 fully saturated rings. The average molecular weight is 219 g/mol. The van der Waals surface area contributed by atoms with Crippen LogP contribution in [0.15, 0.2) is 24.5 Å². The number of benzene rings is 1. The Morgan fingerprint density at radius 2 is 2.00 bits per heavy atom. The van der Waals surface area contributed by atoms with E-state index in [0.29, 0.717) is 10.9 Å². The van der Waals surface area contributed by atoms with Crippen LogP contribution in [0.4, 0.5) is 8.78 Å². The standard InChI is InChI=1S/C11H7F2N3/c12-9-2-1-6-7(10(15)3-14)4-16-5-8(6)11(9)13/h1-2,4-5,10H,15H2. The second-order valence-electron chi connectivity index (χ2n) is 3.29. The highest BCUT2D eigenvalue weighted by Crippen LogP contribution is 2.25. The Kier molecular flexibility index (Phi) is 2.50. The van der Waals surface area contributed by atoms with Crippen LogP contribution in [0.5, 0.6) is 0 Å². The lowest BCUT2D eigenvalue weighted by atomic mass is 10.0. The first-order valence-corrected chi connectivity index (χ1v) is 4.52. The number of nitriles is 1. The van der Waals surface area contributed by atoms with E-state index in [1.807, 2.05) is 6.07 Å². The summed E-state index contributed by atoms with van der Waals surface area (Å²) in [7, 11) is 0. The van der Waals surface area contributed by atoms with Crippen LogP contribution in [0, 0.1) is 23.0 Å². The van der Waals surface area contributed by atoms with Gasteiger partial charge < -0.3 is 5.73 Å². The molecular weight excluding hydrogens is 212 g/mol. The molecule has 0 amide bonds. The number of nitrogens with zero attached hydrogens (tertiary/aromatic N) is 2. The molecular formula is C11H7F2N3. The molecule has 3 nitrogen and oxygen atoms in total. The van der Waals surface area contributed by atoms with Gasteiger partial charge in [0.25, 0.3) is 0 Å². The molecule has 16 heavy (non-hydrogen) atoms. The lowest BCUT2D eigenvalue weighted by Gasteiger charge is -2.07. The summed E-state index contributed by atoms with van der Waals surface area (Å²) < 4.78 is 26.4. The van der Waals surface area contributed by atoms with Gasteiger partial charge in [-0.2, -0.15) is 5.26 Å². The first-order chi connectivity index (χ1) is 7.65. The van der Waals surface area contributed by atoms with E-state index in [1.54, 1.807) is 0 Å². The average Bonchev–Trinajstić information content (AvgIpc) is 2.32. The van der Waals surface area contributed by atoms with Gasteiger partial charge in [0.1, 0.15) is 6.04 Å². The molecule has 0 aliphatic heterocycles. The Labute approximate surface area is 90.1 Å². The van der Waals surface area contributed by atoms with Crippen molar-refractivity contribution in [2.24, 2.45) is 5.73 Å². The molecule has 1 aromatic carbocycles. The van der Waals surface area contributed by atoms with E-state index in [4.69, 9.17) is 11.0 Å². The predicted molar refractivity (Wildman–Crippen MR) is 54.2 cm³/mol. The van der Waals surface area contributed by atoms with Gasteiger partial charge in [-0.15, -0.1) is 0 Å². The van der Waals surface area contributed by atoms with Gasteiger partial charge in [-0.1, -0.05) is 6.07 Å². The summed E-state index contributed by atoms with van der Waals surface area (Å²) in [6, 6.07) is 3.32. The largest absolute Gasteiger partial charge is 0.312 e. The van der Waals surface area contributed by atoms with Gasteiger partial charge in [0.15, 0.2) is 11.6 Å². The molecule has 1 heterocycles. The highest BCUT2D eigenvalue weighted by atomic mass is 19.2. The van der Waals surface area contributed by atoms with E-state index in [9.17, 15) is 8.78 Å². The van der Waals surface area contributed by atoms with Crippen molar-refractivity contribution in [2.45, 2.75) is 6.04 Å². The summed E-state index contributed by atoms with van der Waals surface area (Å²) in [4.78, 5) is 3.75. The van der Waals surface area contributed by atoms with E-state index in [1.165, 1.54) is 18.5 Å². The van der Waals surface area contributed by atoms with E-state index < -0.39 is 17.7 Å². The molecule has 0 aliphatic rings. The minimum absolute atomic E-state index is 0.0307. The van der Waals surface area contributed by atoms with Crippen LogP contribution in [0.2, 0.25) is 0 Å². The van der Waals surface area contributed by atoms with Gasteiger partial charge in [0.05, 0.1) is 6.07 Å². The van der Waals surface area contributed by atoms with Crippen molar-refractivity contribution in [3.05, 3.63) is 41.7 Å². The predicted octanol–water partition coefficient (Wildman–Crippen LogP) is 2.04. The summed E-state index contributed by atoms with van der Waals surface area (Å²) in [5.41, 5.74) is 5.92. The van der Waals surface area contributed by atoms with Crippen LogP contribution in [-0.4, -0.2) is 4.98 Å². The highest BCUT2D eigenvalue weighted by Gasteiger charge is 2.13. The molecule has 0 saturated carbocycles. The molecule has 1 aromatic heterocycles. The third kappa shape index (κ3) is 1.49. The van der Waals surface area contributed by atoms with E-state index in [0.717, 1.165) is 6.07 Å². The second kappa shape index (κ2) is 3.83. The van der Waals surface area contributed by atoms with E-state index >= 15 is 0 Å². The topological polar surface area (TPSA) is 62.7 Å². The first-order valence-electron chi connectivity index (χ1n) is 4.52. The van der Waals surface area contributed by atoms with Crippen LogP contribution in [0.3, 0.4) is 0 Å². The molecule has 0 radical (unpaired) electrons. The molecule has 0 aliphatic carbocycles. The summed E-state index contributed by atoms with van der Waals surface area (Å²) >= 11 is 0. The van der Waals surface area contributed by atoms with Crippen LogP contribution in [0.1, 0.15) is 11.6 Å². The van der Waals surface area contributed by atoms with Crippen LogP contribution >= 0.6 is 0 Å². The monoisotopic (exact) mass is 219 g/mol.